The lowest BCUT2D eigenvalue weighted by Gasteiger charge is -2.62. The van der Waals surface area contributed by atoms with E-state index >= 15 is 0 Å². The van der Waals surface area contributed by atoms with Crippen molar-refractivity contribution in [3.63, 3.8) is 0 Å². The molecule has 0 heterocycles. The molecule has 0 bridgehead atoms. The lowest BCUT2D eigenvalue weighted by Crippen LogP contribution is -2.56. The van der Waals surface area contributed by atoms with Crippen LogP contribution in [0.25, 0.3) is 0 Å². The molecule has 0 aromatic heterocycles. The molecule has 0 saturated heterocycles. The van der Waals surface area contributed by atoms with E-state index in [1.54, 1.807) is 12.5 Å². The Hall–Kier alpha value is -0.790. The largest absolute Gasteiger partial charge is 0.462 e. The van der Waals surface area contributed by atoms with Gasteiger partial charge in [0.15, 0.2) is 0 Å². The Labute approximate surface area is 217 Å². The van der Waals surface area contributed by atoms with E-state index in [-0.39, 0.29) is 22.9 Å². The first-order valence-electron chi connectivity index (χ1n) is 15.4. The summed E-state index contributed by atoms with van der Waals surface area (Å²) >= 11 is 0. The van der Waals surface area contributed by atoms with Crippen molar-refractivity contribution in [2.75, 3.05) is 0 Å². The molecular formula is C33H56O2. The zero-order valence-corrected chi connectivity index (χ0v) is 24.4. The Kier molecular flexibility index (Phi) is 7.92. The molecule has 0 aliphatic heterocycles. The maximum atomic E-state index is 12.0. The van der Waals surface area contributed by atoms with Gasteiger partial charge in [-0.1, -0.05) is 79.4 Å². The van der Waals surface area contributed by atoms with Gasteiger partial charge >= 0.3 is 5.97 Å². The van der Waals surface area contributed by atoms with Gasteiger partial charge in [-0.15, -0.1) is 0 Å². The molecule has 2 heteroatoms. The van der Waals surface area contributed by atoms with Crippen LogP contribution in [0.3, 0.4) is 0 Å². The van der Waals surface area contributed by atoms with E-state index < -0.39 is 0 Å². The van der Waals surface area contributed by atoms with E-state index in [2.05, 4.69) is 54.5 Å². The fourth-order valence-corrected chi connectivity index (χ4v) is 10.5. The number of carbonyl (C=O) groups excluding carboxylic acids is 1. The average molecular weight is 485 g/mol. The van der Waals surface area contributed by atoms with Crippen molar-refractivity contribution in [2.45, 2.75) is 139 Å². The van der Waals surface area contributed by atoms with Gasteiger partial charge in [0.05, 0.1) is 0 Å². The predicted molar refractivity (Wildman–Crippen MR) is 147 cm³/mol. The van der Waals surface area contributed by atoms with Gasteiger partial charge < -0.3 is 4.74 Å². The van der Waals surface area contributed by atoms with Crippen LogP contribution >= 0.6 is 0 Å². The molecule has 0 amide bonds. The molecule has 4 aliphatic carbocycles. The van der Waals surface area contributed by atoms with Crippen molar-refractivity contribution >= 4 is 5.97 Å². The van der Waals surface area contributed by atoms with Gasteiger partial charge in [0, 0.05) is 12.3 Å². The summed E-state index contributed by atoms with van der Waals surface area (Å²) in [5, 5.41) is 0. The Morgan fingerprint density at radius 2 is 1.71 bits per heavy atom. The number of allylic oxidation sites excluding steroid dienone is 1. The highest BCUT2D eigenvalue weighted by Gasteiger charge is 2.62. The maximum Gasteiger partial charge on any atom is 0.302 e. The number of hydrogen-bond acceptors (Lipinski definition) is 2. The Morgan fingerprint density at radius 1 is 1.00 bits per heavy atom. The molecule has 8 unspecified atom stereocenters. The van der Waals surface area contributed by atoms with Crippen LogP contribution in [0.15, 0.2) is 11.6 Å². The molecule has 0 aromatic rings. The van der Waals surface area contributed by atoms with Crippen molar-refractivity contribution in [3.8, 4) is 0 Å². The molecule has 8 atom stereocenters. The molecule has 3 fully saturated rings. The molecule has 2 nitrogen and oxygen atoms in total. The number of hydrogen-bond donors (Lipinski definition) is 0. The van der Waals surface area contributed by atoms with E-state index in [4.69, 9.17) is 4.74 Å². The van der Waals surface area contributed by atoms with E-state index in [1.165, 1.54) is 57.8 Å². The fraction of sp³-hybridized carbons (Fsp3) is 0.909. The standard InChI is InChI=1S/C33H56O2/c1-9-33(10-2)29-17-14-25-27-16-15-26(23(5)13-11-12-22(3)4)31(27,7)20-18-28(25)32(29,8)21-19-30(33)35-24(6)34/h17,22-23,25-28,30H,9-16,18-21H2,1-8H3. The maximum absolute atomic E-state index is 12.0. The minimum absolute atomic E-state index is 0.0352. The summed E-state index contributed by atoms with van der Waals surface area (Å²) in [6.07, 6.45) is 18.4. The zero-order valence-electron chi connectivity index (χ0n) is 24.4. The molecular weight excluding hydrogens is 428 g/mol. The number of rotatable bonds is 8. The normalized spacial score (nSPS) is 40.9. The average Bonchev–Trinajstić information content (AvgIpc) is 3.16. The van der Waals surface area contributed by atoms with Crippen LogP contribution in [0.5, 0.6) is 0 Å². The summed E-state index contributed by atoms with van der Waals surface area (Å²) in [5.74, 6) is 5.09. The first kappa shape index (κ1) is 27.3. The molecule has 0 aromatic carbocycles. The third-order valence-corrected chi connectivity index (χ3v) is 12.3. The minimum atomic E-state index is -0.105. The Bertz CT molecular complexity index is 791. The van der Waals surface area contributed by atoms with Gasteiger partial charge in [0.2, 0.25) is 0 Å². The van der Waals surface area contributed by atoms with Crippen molar-refractivity contribution < 1.29 is 9.53 Å². The predicted octanol–water partition coefficient (Wildman–Crippen LogP) is 9.38. The van der Waals surface area contributed by atoms with E-state index in [0.717, 1.165) is 54.8 Å². The van der Waals surface area contributed by atoms with Crippen LogP contribution < -0.4 is 0 Å². The first-order chi connectivity index (χ1) is 16.5. The van der Waals surface area contributed by atoms with E-state index in [1.807, 2.05) is 0 Å². The lowest BCUT2D eigenvalue weighted by atomic mass is 9.43. The third-order valence-electron chi connectivity index (χ3n) is 12.3. The van der Waals surface area contributed by atoms with Crippen molar-refractivity contribution in [3.05, 3.63) is 11.6 Å². The summed E-state index contributed by atoms with van der Waals surface area (Å²) in [6.45, 7) is 18.9. The second-order valence-electron chi connectivity index (χ2n) is 14.2. The Balaban J connectivity index is 1.58. The Morgan fingerprint density at radius 3 is 2.34 bits per heavy atom. The number of ether oxygens (including phenoxy) is 1. The molecule has 4 rings (SSSR count). The van der Waals surface area contributed by atoms with Gasteiger partial charge in [0.1, 0.15) is 6.10 Å². The highest BCUT2D eigenvalue weighted by atomic mass is 16.5. The molecule has 0 spiro atoms. The van der Waals surface area contributed by atoms with Gasteiger partial charge in [-0.05, 0) is 104 Å². The topological polar surface area (TPSA) is 26.3 Å². The molecule has 35 heavy (non-hydrogen) atoms. The SMILES string of the molecule is CCC1(CC)C2=CCC3C(CCC4(C)C(C(C)CCCC(C)C)CCC34)C2(C)CCC1OC(C)=O. The zero-order chi connectivity index (χ0) is 25.6. The van der Waals surface area contributed by atoms with E-state index in [9.17, 15) is 4.79 Å². The molecule has 4 aliphatic rings. The summed E-state index contributed by atoms with van der Waals surface area (Å²) in [6, 6.07) is 0. The number of fused-ring (bicyclic) bond motifs is 5. The number of carbonyl (C=O) groups is 1. The van der Waals surface area contributed by atoms with Crippen molar-refractivity contribution in [2.24, 2.45) is 51.8 Å². The number of esters is 1. The van der Waals surface area contributed by atoms with Crippen LogP contribution in [0.4, 0.5) is 0 Å². The van der Waals surface area contributed by atoms with Crippen LogP contribution in [0.2, 0.25) is 0 Å². The molecule has 200 valence electrons. The van der Waals surface area contributed by atoms with Gasteiger partial charge in [-0.25, -0.2) is 0 Å². The quantitative estimate of drug-likeness (QED) is 0.253. The van der Waals surface area contributed by atoms with Crippen LogP contribution in [-0.2, 0) is 9.53 Å². The summed E-state index contributed by atoms with van der Waals surface area (Å²) < 4.78 is 6.01. The monoisotopic (exact) mass is 484 g/mol. The summed E-state index contributed by atoms with van der Waals surface area (Å²) in [7, 11) is 0. The molecule has 0 radical (unpaired) electrons. The lowest BCUT2D eigenvalue weighted by molar-refractivity contribution is -0.160. The van der Waals surface area contributed by atoms with E-state index in [0.29, 0.717) is 5.41 Å². The smallest absolute Gasteiger partial charge is 0.302 e. The highest BCUT2D eigenvalue weighted by molar-refractivity contribution is 5.66. The minimum Gasteiger partial charge on any atom is -0.462 e. The van der Waals surface area contributed by atoms with Crippen LogP contribution in [0.1, 0.15) is 132 Å². The van der Waals surface area contributed by atoms with Gasteiger partial charge in [-0.2, -0.15) is 0 Å². The second-order valence-corrected chi connectivity index (χ2v) is 14.2. The summed E-state index contributed by atoms with van der Waals surface area (Å²) in [5.41, 5.74) is 2.54. The third kappa shape index (κ3) is 4.46. The van der Waals surface area contributed by atoms with Crippen LogP contribution in [0, 0.1) is 51.8 Å². The molecule has 3 saturated carbocycles. The molecule has 0 N–H and O–H groups in total. The fourth-order valence-electron chi connectivity index (χ4n) is 10.5. The van der Waals surface area contributed by atoms with Crippen molar-refractivity contribution in [1.82, 2.24) is 0 Å². The first-order valence-corrected chi connectivity index (χ1v) is 15.4. The highest BCUT2D eigenvalue weighted by Crippen LogP contribution is 2.70. The van der Waals surface area contributed by atoms with Gasteiger partial charge in [-0.3, -0.25) is 4.79 Å². The van der Waals surface area contributed by atoms with Crippen molar-refractivity contribution in [1.29, 1.82) is 0 Å². The second kappa shape index (κ2) is 10.2. The van der Waals surface area contributed by atoms with Gasteiger partial charge in [0.25, 0.3) is 0 Å². The van der Waals surface area contributed by atoms with Crippen LogP contribution in [-0.4, -0.2) is 12.1 Å². The summed E-state index contributed by atoms with van der Waals surface area (Å²) in [4.78, 5) is 12.0.